The summed E-state index contributed by atoms with van der Waals surface area (Å²) in [6.45, 7) is 2.65. The van der Waals surface area contributed by atoms with Gasteiger partial charge in [0.1, 0.15) is 5.69 Å². The van der Waals surface area contributed by atoms with Gasteiger partial charge in [0.25, 0.3) is 11.5 Å². The zero-order chi connectivity index (χ0) is 14.3. The second-order valence-corrected chi connectivity index (χ2v) is 4.17. The molecule has 1 aromatic heterocycles. The highest BCUT2D eigenvalue weighted by Gasteiger charge is 2.09. The zero-order valence-corrected chi connectivity index (χ0v) is 11.1. The topological polar surface area (TPSA) is 93.5 Å². The van der Waals surface area contributed by atoms with Crippen LogP contribution in [0.1, 0.15) is 23.8 Å². The summed E-state index contributed by atoms with van der Waals surface area (Å²) in [5, 5.41) is 15.7. The van der Waals surface area contributed by atoms with Gasteiger partial charge in [-0.25, -0.2) is 4.68 Å². The lowest BCUT2D eigenvalue weighted by Gasteiger charge is -2.08. The minimum absolute atomic E-state index is 0.168. The number of hydrogen-bond acceptors (Lipinski definition) is 5. The maximum absolute atomic E-state index is 11.8. The summed E-state index contributed by atoms with van der Waals surface area (Å²) < 4.78 is 6.05. The van der Waals surface area contributed by atoms with E-state index in [2.05, 4.69) is 10.4 Å². The van der Waals surface area contributed by atoms with Crippen LogP contribution < -0.4 is 10.9 Å². The highest BCUT2D eigenvalue weighted by Crippen LogP contribution is 1.93. The Hall–Kier alpha value is -1.73. The van der Waals surface area contributed by atoms with Crippen LogP contribution in [-0.2, 0) is 11.3 Å². The van der Waals surface area contributed by atoms with Gasteiger partial charge in [-0.1, -0.05) is 0 Å². The van der Waals surface area contributed by atoms with Crippen LogP contribution in [-0.4, -0.2) is 47.2 Å². The number of carbonyl (C=O) groups is 1. The quantitative estimate of drug-likeness (QED) is 0.689. The summed E-state index contributed by atoms with van der Waals surface area (Å²) in [6, 6.07) is 2.68. The molecule has 7 nitrogen and oxygen atoms in total. The Morgan fingerprint density at radius 1 is 1.58 bits per heavy atom. The van der Waals surface area contributed by atoms with Gasteiger partial charge < -0.3 is 15.2 Å². The van der Waals surface area contributed by atoms with Crippen LogP contribution >= 0.6 is 0 Å². The molecule has 0 spiro atoms. The molecule has 1 amide bonds. The molecule has 7 heteroatoms. The molecule has 0 radical (unpaired) electrons. The van der Waals surface area contributed by atoms with Crippen molar-refractivity contribution >= 4 is 5.91 Å². The molecule has 2 N–H and O–H groups in total. The van der Waals surface area contributed by atoms with Crippen molar-refractivity contribution < 1.29 is 14.6 Å². The van der Waals surface area contributed by atoms with Crippen molar-refractivity contribution in [2.24, 2.45) is 0 Å². The van der Waals surface area contributed by atoms with Gasteiger partial charge in [-0.15, -0.1) is 0 Å². The zero-order valence-electron chi connectivity index (χ0n) is 11.1. The average molecular weight is 269 g/mol. The molecule has 1 heterocycles. The smallest absolute Gasteiger partial charge is 0.271 e. The number of hydrogen-bond donors (Lipinski definition) is 2. The molecule has 1 atom stereocenters. The van der Waals surface area contributed by atoms with Gasteiger partial charge in [-0.2, -0.15) is 5.10 Å². The molecule has 1 rings (SSSR count). The van der Waals surface area contributed by atoms with E-state index >= 15 is 0 Å². The Bertz CT molecular complexity index is 470. The lowest BCUT2D eigenvalue weighted by Crippen LogP contribution is -2.31. The highest BCUT2D eigenvalue weighted by molar-refractivity contribution is 5.91. The van der Waals surface area contributed by atoms with Crippen molar-refractivity contribution in [3.63, 3.8) is 0 Å². The number of rotatable bonds is 7. The van der Waals surface area contributed by atoms with Gasteiger partial charge in [0, 0.05) is 19.7 Å². The highest BCUT2D eigenvalue weighted by atomic mass is 16.5. The molecule has 1 unspecified atom stereocenters. The summed E-state index contributed by atoms with van der Waals surface area (Å²) in [4.78, 5) is 23.2. The maximum atomic E-state index is 11.8. The molecule has 0 saturated heterocycles. The SMILES string of the molecule is COCCn1nc(C(=O)NCCC(C)O)ccc1=O. The molecular weight excluding hydrogens is 250 g/mol. The lowest BCUT2D eigenvalue weighted by molar-refractivity contribution is 0.0937. The Morgan fingerprint density at radius 2 is 2.32 bits per heavy atom. The van der Waals surface area contributed by atoms with Crippen molar-refractivity contribution in [1.29, 1.82) is 0 Å². The molecule has 0 fully saturated rings. The molecule has 0 aliphatic rings. The minimum atomic E-state index is -0.469. The van der Waals surface area contributed by atoms with Crippen molar-refractivity contribution in [1.82, 2.24) is 15.1 Å². The number of aliphatic hydroxyl groups excluding tert-OH is 1. The Kier molecular flexibility index (Phi) is 6.17. The predicted octanol–water partition coefficient (Wildman–Crippen LogP) is -0.610. The van der Waals surface area contributed by atoms with Crippen LogP contribution in [0.25, 0.3) is 0 Å². The van der Waals surface area contributed by atoms with Crippen LogP contribution in [0.5, 0.6) is 0 Å². The second kappa shape index (κ2) is 7.65. The van der Waals surface area contributed by atoms with Crippen LogP contribution in [0.3, 0.4) is 0 Å². The van der Waals surface area contributed by atoms with Gasteiger partial charge in [-0.05, 0) is 19.4 Å². The standard InChI is InChI=1S/C12H19N3O4/c1-9(16)5-6-13-12(18)10-3-4-11(17)15(14-10)7-8-19-2/h3-4,9,16H,5-8H2,1-2H3,(H,13,18). The fourth-order valence-corrected chi connectivity index (χ4v) is 1.39. The van der Waals surface area contributed by atoms with Crippen LogP contribution in [0.15, 0.2) is 16.9 Å². The molecule has 0 aliphatic carbocycles. The van der Waals surface area contributed by atoms with E-state index in [9.17, 15) is 9.59 Å². The van der Waals surface area contributed by atoms with Gasteiger partial charge in [0.2, 0.25) is 0 Å². The fourth-order valence-electron chi connectivity index (χ4n) is 1.39. The molecule has 0 bridgehead atoms. The van der Waals surface area contributed by atoms with Crippen molar-refractivity contribution in [2.45, 2.75) is 26.0 Å². The second-order valence-electron chi connectivity index (χ2n) is 4.17. The molecule has 0 aliphatic heterocycles. The summed E-state index contributed by atoms with van der Waals surface area (Å²) >= 11 is 0. The number of ether oxygens (including phenoxy) is 1. The van der Waals surface area contributed by atoms with Gasteiger partial charge in [0.15, 0.2) is 0 Å². The predicted molar refractivity (Wildman–Crippen MR) is 69.0 cm³/mol. The summed E-state index contributed by atoms with van der Waals surface area (Å²) in [7, 11) is 1.53. The lowest BCUT2D eigenvalue weighted by atomic mass is 10.3. The molecular formula is C12H19N3O4. The van der Waals surface area contributed by atoms with E-state index in [0.29, 0.717) is 26.1 Å². The van der Waals surface area contributed by atoms with E-state index < -0.39 is 6.10 Å². The number of aliphatic hydroxyl groups is 1. The number of methoxy groups -OCH3 is 1. The summed E-state index contributed by atoms with van der Waals surface area (Å²) in [5.74, 6) is -0.369. The number of nitrogens with zero attached hydrogens (tertiary/aromatic N) is 2. The molecule has 0 saturated carbocycles. The first-order valence-electron chi connectivity index (χ1n) is 6.08. The van der Waals surface area contributed by atoms with Crippen molar-refractivity contribution in [3.05, 3.63) is 28.2 Å². The summed E-state index contributed by atoms with van der Waals surface area (Å²) in [6.07, 6.45) is -0.00128. The minimum Gasteiger partial charge on any atom is -0.393 e. The Labute approximate surface area is 111 Å². The van der Waals surface area contributed by atoms with E-state index in [-0.39, 0.29) is 17.2 Å². The normalized spacial score (nSPS) is 12.2. The fraction of sp³-hybridized carbons (Fsp3) is 0.583. The average Bonchev–Trinajstić information content (AvgIpc) is 2.37. The third-order valence-electron chi connectivity index (χ3n) is 2.45. The largest absolute Gasteiger partial charge is 0.393 e. The molecule has 1 aromatic rings. The maximum Gasteiger partial charge on any atom is 0.271 e. The monoisotopic (exact) mass is 269 g/mol. The number of amides is 1. The van der Waals surface area contributed by atoms with E-state index in [1.54, 1.807) is 6.92 Å². The van der Waals surface area contributed by atoms with Gasteiger partial charge in [0.05, 0.1) is 19.3 Å². The van der Waals surface area contributed by atoms with Gasteiger partial charge >= 0.3 is 0 Å². The van der Waals surface area contributed by atoms with Crippen LogP contribution in [0, 0.1) is 0 Å². The molecule has 0 aromatic carbocycles. The van der Waals surface area contributed by atoms with Crippen LogP contribution in [0.2, 0.25) is 0 Å². The Balaban J connectivity index is 2.67. The number of carbonyl (C=O) groups excluding carboxylic acids is 1. The van der Waals surface area contributed by atoms with Gasteiger partial charge in [-0.3, -0.25) is 9.59 Å². The Morgan fingerprint density at radius 3 is 2.95 bits per heavy atom. The third kappa shape index (κ3) is 5.19. The third-order valence-corrected chi connectivity index (χ3v) is 2.45. The van der Waals surface area contributed by atoms with Crippen LogP contribution in [0.4, 0.5) is 0 Å². The van der Waals surface area contributed by atoms with Crippen molar-refractivity contribution in [2.75, 3.05) is 20.3 Å². The van der Waals surface area contributed by atoms with Crippen molar-refractivity contribution in [3.8, 4) is 0 Å². The number of nitrogens with one attached hydrogen (secondary N) is 1. The molecule has 106 valence electrons. The van der Waals surface area contributed by atoms with E-state index in [1.807, 2.05) is 0 Å². The number of aromatic nitrogens is 2. The summed E-state index contributed by atoms with van der Waals surface area (Å²) in [5.41, 5.74) is -0.112. The van der Waals surface area contributed by atoms with E-state index in [0.717, 1.165) is 0 Å². The first-order chi connectivity index (χ1) is 9.04. The molecule has 19 heavy (non-hydrogen) atoms. The first-order valence-corrected chi connectivity index (χ1v) is 6.08. The van der Waals surface area contributed by atoms with E-state index in [4.69, 9.17) is 9.84 Å². The van der Waals surface area contributed by atoms with E-state index in [1.165, 1.54) is 23.9 Å². The first kappa shape index (κ1) is 15.3.